The van der Waals surface area contributed by atoms with E-state index in [1.165, 1.54) is 12.1 Å². The van der Waals surface area contributed by atoms with E-state index in [2.05, 4.69) is 0 Å². The fourth-order valence-corrected chi connectivity index (χ4v) is 1.99. The van der Waals surface area contributed by atoms with Gasteiger partial charge in [-0.05, 0) is 41.8 Å². The van der Waals surface area contributed by atoms with Gasteiger partial charge in [0.15, 0.2) is 0 Å². The molecule has 1 N–H and O–H groups in total. The zero-order chi connectivity index (χ0) is 15.5. The van der Waals surface area contributed by atoms with Crippen molar-refractivity contribution in [2.24, 2.45) is 0 Å². The van der Waals surface area contributed by atoms with Crippen LogP contribution in [0.15, 0.2) is 42.5 Å². The van der Waals surface area contributed by atoms with Crippen LogP contribution in [0, 0.1) is 0 Å². The van der Waals surface area contributed by atoms with Crippen molar-refractivity contribution >= 4 is 0 Å². The molecule has 0 aliphatic heterocycles. The van der Waals surface area contributed by atoms with Crippen LogP contribution in [0.25, 0.3) is 0 Å². The maximum Gasteiger partial charge on any atom is 0.416 e. The summed E-state index contributed by atoms with van der Waals surface area (Å²) in [6.07, 6.45) is -3.71. The summed E-state index contributed by atoms with van der Waals surface area (Å²) in [7, 11) is 0. The Morgan fingerprint density at radius 3 is 2.38 bits per heavy atom. The summed E-state index contributed by atoms with van der Waals surface area (Å²) in [6.45, 7) is 1.32. The number of hydrogen-bond donors (Lipinski definition) is 1. The summed E-state index contributed by atoms with van der Waals surface area (Å²) < 4.78 is 44.2. The predicted octanol–water partition coefficient (Wildman–Crippen LogP) is 4.55. The third kappa shape index (κ3) is 3.76. The average Bonchev–Trinajstić information content (AvgIpc) is 2.46. The van der Waals surface area contributed by atoms with Gasteiger partial charge in [0.2, 0.25) is 0 Å². The molecule has 2 aromatic carbocycles. The minimum atomic E-state index is -4.53. The number of aryl methyl sites for hydroxylation is 1. The third-order valence-electron chi connectivity index (χ3n) is 3.10. The smallest absolute Gasteiger partial charge is 0.416 e. The topological polar surface area (TPSA) is 29.5 Å². The molecule has 0 saturated carbocycles. The molecule has 0 aromatic heterocycles. The van der Waals surface area contributed by atoms with Gasteiger partial charge in [-0.2, -0.15) is 13.2 Å². The van der Waals surface area contributed by atoms with E-state index in [0.29, 0.717) is 5.75 Å². The highest BCUT2D eigenvalue weighted by molar-refractivity contribution is 5.40. The molecule has 0 radical (unpaired) electrons. The van der Waals surface area contributed by atoms with E-state index >= 15 is 0 Å². The van der Waals surface area contributed by atoms with Gasteiger partial charge in [0.1, 0.15) is 11.5 Å². The highest BCUT2D eigenvalue weighted by atomic mass is 19.4. The Morgan fingerprint density at radius 2 is 1.76 bits per heavy atom. The molecule has 0 fully saturated rings. The van der Waals surface area contributed by atoms with Crippen LogP contribution < -0.4 is 4.74 Å². The standard InChI is InChI=1S/C16H15F3O2/c1-2-11-4-3-5-13(8-11)21-14-7-6-12(10-20)15(9-14)16(17,18)19/h3-9,20H,2,10H2,1H3. The number of halogens is 3. The van der Waals surface area contributed by atoms with Gasteiger partial charge in [0.25, 0.3) is 0 Å². The molecule has 5 heteroatoms. The third-order valence-corrected chi connectivity index (χ3v) is 3.10. The molecule has 112 valence electrons. The van der Waals surface area contributed by atoms with E-state index in [1.807, 2.05) is 13.0 Å². The normalized spacial score (nSPS) is 11.5. The van der Waals surface area contributed by atoms with Gasteiger partial charge >= 0.3 is 6.18 Å². The zero-order valence-corrected chi connectivity index (χ0v) is 11.4. The minimum absolute atomic E-state index is 0.0905. The fourth-order valence-electron chi connectivity index (χ4n) is 1.99. The Morgan fingerprint density at radius 1 is 1.05 bits per heavy atom. The van der Waals surface area contributed by atoms with Gasteiger partial charge in [0.05, 0.1) is 12.2 Å². The number of aliphatic hydroxyl groups excluding tert-OH is 1. The van der Waals surface area contributed by atoms with Gasteiger partial charge in [-0.25, -0.2) is 0 Å². The molecule has 2 rings (SSSR count). The van der Waals surface area contributed by atoms with E-state index in [4.69, 9.17) is 9.84 Å². The summed E-state index contributed by atoms with van der Waals surface area (Å²) >= 11 is 0. The molecule has 0 aliphatic carbocycles. The van der Waals surface area contributed by atoms with Crippen LogP contribution in [0.5, 0.6) is 11.5 Å². The van der Waals surface area contributed by atoms with Crippen LogP contribution in [0.4, 0.5) is 13.2 Å². The number of aliphatic hydroxyl groups is 1. The first-order valence-electron chi connectivity index (χ1n) is 6.52. The van der Waals surface area contributed by atoms with Gasteiger partial charge in [0, 0.05) is 0 Å². The summed E-state index contributed by atoms with van der Waals surface area (Å²) in [5, 5.41) is 8.99. The number of alkyl halides is 3. The lowest BCUT2D eigenvalue weighted by molar-refractivity contribution is -0.138. The van der Waals surface area contributed by atoms with Crippen molar-refractivity contribution in [3.05, 3.63) is 59.2 Å². The Balaban J connectivity index is 2.32. The second-order valence-electron chi connectivity index (χ2n) is 4.58. The van der Waals surface area contributed by atoms with Gasteiger partial charge in [-0.15, -0.1) is 0 Å². The number of ether oxygens (including phenoxy) is 1. The molecule has 0 bridgehead atoms. The van der Waals surface area contributed by atoms with Crippen molar-refractivity contribution in [1.82, 2.24) is 0 Å². The lowest BCUT2D eigenvalue weighted by atomic mass is 10.1. The first-order valence-corrected chi connectivity index (χ1v) is 6.52. The Hall–Kier alpha value is -2.01. The van der Waals surface area contributed by atoms with Crippen LogP contribution in [-0.4, -0.2) is 5.11 Å². The fraction of sp³-hybridized carbons (Fsp3) is 0.250. The van der Waals surface area contributed by atoms with E-state index in [0.717, 1.165) is 18.1 Å². The first kappa shape index (κ1) is 15.4. The van der Waals surface area contributed by atoms with Crippen molar-refractivity contribution in [3.8, 4) is 11.5 Å². The highest BCUT2D eigenvalue weighted by Gasteiger charge is 2.33. The van der Waals surface area contributed by atoms with Gasteiger partial charge in [-0.3, -0.25) is 0 Å². The van der Waals surface area contributed by atoms with Crippen LogP contribution in [0.1, 0.15) is 23.6 Å². The lowest BCUT2D eigenvalue weighted by Gasteiger charge is -2.14. The van der Waals surface area contributed by atoms with E-state index in [1.54, 1.807) is 18.2 Å². The van der Waals surface area contributed by atoms with Gasteiger partial charge in [-0.1, -0.05) is 25.1 Å². The Bertz CT molecular complexity index is 621. The molecule has 2 nitrogen and oxygen atoms in total. The average molecular weight is 296 g/mol. The molecule has 0 saturated heterocycles. The summed E-state index contributed by atoms with van der Waals surface area (Å²) in [5.74, 6) is 0.576. The Labute approximate surface area is 120 Å². The van der Waals surface area contributed by atoms with Crippen molar-refractivity contribution < 1.29 is 23.0 Å². The molecule has 0 atom stereocenters. The maximum atomic E-state index is 12.9. The molecular weight excluding hydrogens is 281 g/mol. The molecule has 21 heavy (non-hydrogen) atoms. The quantitative estimate of drug-likeness (QED) is 0.896. The first-order chi connectivity index (χ1) is 9.94. The highest BCUT2D eigenvalue weighted by Crippen LogP contribution is 2.35. The van der Waals surface area contributed by atoms with E-state index < -0.39 is 18.3 Å². The van der Waals surface area contributed by atoms with E-state index in [-0.39, 0.29) is 11.3 Å². The Kier molecular flexibility index (Phi) is 4.53. The summed E-state index contributed by atoms with van der Waals surface area (Å²) in [4.78, 5) is 0. The monoisotopic (exact) mass is 296 g/mol. The summed E-state index contributed by atoms with van der Waals surface area (Å²) in [6, 6.07) is 10.7. The largest absolute Gasteiger partial charge is 0.457 e. The number of benzene rings is 2. The second kappa shape index (κ2) is 6.18. The molecule has 0 amide bonds. The zero-order valence-electron chi connectivity index (χ0n) is 11.4. The lowest BCUT2D eigenvalue weighted by Crippen LogP contribution is -2.09. The van der Waals surface area contributed by atoms with E-state index in [9.17, 15) is 13.2 Å². The van der Waals surface area contributed by atoms with Crippen molar-refractivity contribution in [1.29, 1.82) is 0 Å². The summed E-state index contributed by atoms with van der Waals surface area (Å²) in [5.41, 5.74) is -0.0122. The van der Waals surface area contributed by atoms with Crippen molar-refractivity contribution in [2.75, 3.05) is 0 Å². The number of rotatable bonds is 4. The molecule has 0 aliphatic rings. The second-order valence-corrected chi connectivity index (χ2v) is 4.58. The molecular formula is C16H15F3O2. The van der Waals surface area contributed by atoms with Crippen LogP contribution >= 0.6 is 0 Å². The molecule has 2 aromatic rings. The van der Waals surface area contributed by atoms with Crippen LogP contribution in [0.3, 0.4) is 0 Å². The van der Waals surface area contributed by atoms with Crippen LogP contribution in [-0.2, 0) is 19.2 Å². The molecule has 0 unspecified atom stereocenters. The minimum Gasteiger partial charge on any atom is -0.457 e. The molecule has 0 spiro atoms. The van der Waals surface area contributed by atoms with Crippen LogP contribution in [0.2, 0.25) is 0 Å². The number of hydrogen-bond acceptors (Lipinski definition) is 2. The van der Waals surface area contributed by atoms with Crippen molar-refractivity contribution in [2.45, 2.75) is 26.1 Å². The maximum absolute atomic E-state index is 12.9. The molecule has 0 heterocycles. The predicted molar refractivity (Wildman–Crippen MR) is 73.3 cm³/mol. The van der Waals surface area contributed by atoms with Gasteiger partial charge < -0.3 is 9.84 Å². The van der Waals surface area contributed by atoms with Crippen molar-refractivity contribution in [3.63, 3.8) is 0 Å². The SMILES string of the molecule is CCc1cccc(Oc2ccc(CO)c(C(F)(F)F)c2)c1.